The second-order valence-electron chi connectivity index (χ2n) is 23.0. The van der Waals surface area contributed by atoms with Gasteiger partial charge >= 0.3 is 12.4 Å². The fourth-order valence-corrected chi connectivity index (χ4v) is 14.4. The summed E-state index contributed by atoms with van der Waals surface area (Å²) in [7, 11) is 0.722. The lowest BCUT2D eigenvalue weighted by Crippen LogP contribution is -2.46. The van der Waals surface area contributed by atoms with Crippen LogP contribution in [0.4, 0.5) is 5.82 Å². The number of H-pyrrole nitrogens is 1. The van der Waals surface area contributed by atoms with Crippen LogP contribution in [0.1, 0.15) is 98.4 Å². The smallest absolute Gasteiger partial charge is 0.330 e. The maximum Gasteiger partial charge on any atom is 0.330 e. The van der Waals surface area contributed by atoms with Gasteiger partial charge in [0.15, 0.2) is 25.3 Å². The lowest BCUT2D eigenvalue weighted by atomic mass is 9.80. The number of aromatic nitrogens is 6. The van der Waals surface area contributed by atoms with E-state index in [-0.39, 0.29) is 61.4 Å². The first-order valence-corrected chi connectivity index (χ1v) is 33.8. The number of nitrogens with one attached hydrogen (secondary N) is 2. The molecule has 2 amide bonds. The van der Waals surface area contributed by atoms with Gasteiger partial charge in [-0.15, -0.1) is 0 Å². The fourth-order valence-electron chi connectivity index (χ4n) is 10.9. The van der Waals surface area contributed by atoms with Gasteiger partial charge in [-0.3, -0.25) is 28.5 Å². The molecular weight excluding hydrogens is 1140 g/mol. The van der Waals surface area contributed by atoms with Gasteiger partial charge in [0.1, 0.15) is 48.1 Å². The molecule has 85 heavy (non-hydrogen) atoms. The highest BCUT2D eigenvalue weighted by atomic mass is 32.5. The molecule has 21 nitrogen and oxygen atoms in total. The largest absolute Gasteiger partial charge is 0.497 e. The summed E-state index contributed by atoms with van der Waals surface area (Å²) in [5, 5.41) is 2.69. The zero-order chi connectivity index (χ0) is 60.3. The first kappa shape index (κ1) is 61.3. The third kappa shape index (κ3) is 13.3. The van der Waals surface area contributed by atoms with Gasteiger partial charge in [0.2, 0.25) is 5.91 Å². The predicted octanol–water partition coefficient (Wildman–Crippen LogP) is 9.58. The molecule has 8 atom stereocenters. The van der Waals surface area contributed by atoms with E-state index < -0.39 is 68.8 Å². The normalized spacial score (nSPS) is 21.7. The molecule has 10 rings (SSSR count). The van der Waals surface area contributed by atoms with E-state index in [0.29, 0.717) is 46.8 Å². The molecule has 3 aliphatic heterocycles. The van der Waals surface area contributed by atoms with Gasteiger partial charge in [-0.25, -0.2) is 19.7 Å². The molecule has 0 spiro atoms. The maximum absolute atomic E-state index is 13.5. The Kier molecular flexibility index (Phi) is 18.5. The van der Waals surface area contributed by atoms with Crippen molar-refractivity contribution in [3.63, 3.8) is 0 Å². The van der Waals surface area contributed by atoms with Crippen molar-refractivity contribution in [3.8, 4) is 11.5 Å². The van der Waals surface area contributed by atoms with Crippen molar-refractivity contribution in [1.82, 2.24) is 34.0 Å². The molecule has 4 aromatic carbocycles. The molecule has 2 N–H and O–H groups in total. The molecule has 3 aromatic heterocycles. The molecule has 0 bridgehead atoms. The average Bonchev–Trinajstić information content (AvgIpc) is 1.78. The van der Waals surface area contributed by atoms with E-state index in [1.54, 1.807) is 61.2 Å². The number of imidazole rings is 1. The Morgan fingerprint density at radius 1 is 0.776 bits per heavy atom. The number of rotatable bonds is 22. The molecule has 0 saturated carbocycles. The summed E-state index contributed by atoms with van der Waals surface area (Å²) in [6, 6.07) is 33.8. The molecule has 3 aliphatic rings. The summed E-state index contributed by atoms with van der Waals surface area (Å²) in [6.45, 7) is 10.2. The van der Waals surface area contributed by atoms with E-state index in [1.807, 2.05) is 84.9 Å². The number of ether oxygens (including phenoxy) is 5. The third-order valence-electron chi connectivity index (χ3n) is 16.5. The van der Waals surface area contributed by atoms with Gasteiger partial charge in [-0.2, -0.15) is 0 Å². The third-order valence-corrected chi connectivity index (χ3v) is 23.4. The second kappa shape index (κ2) is 25.7. The number of aryl methyl sites for hydroxylation is 1. The molecule has 6 heterocycles. The highest BCUT2D eigenvalue weighted by Crippen LogP contribution is 2.55. The fraction of sp³-hybridized carbons (Fsp3) is 0.426. The number of carbonyl (C=O) groups excluding carboxylic acids is 2. The first-order valence-electron chi connectivity index (χ1n) is 28.4. The Bertz CT molecular complexity index is 3600. The van der Waals surface area contributed by atoms with Crippen molar-refractivity contribution in [3.05, 3.63) is 177 Å². The standard InChI is InChI=1S/C61H73N8O13PSSi/c1-39-33-68(59(73)66-57(39)71)52-32-49(82-85(8,9)60(3,4)5)51(80-52)36-78-83(84,77-34-45-21-16-30-67(45)40(2)70)81-48-31-53(69-38-64-54-55(62-37-63-56(54)69)65-58(72)41-17-12-10-13-18-41)79-50(48)35-76-61(42-19-14-11-15-20-42,43-22-26-46(74-6)27-23-43)44-24-28-47(75-7)29-25-44/h10-15,17-20,22-29,33,37-38,45,48-53H,16,21,30-32,34-36H2,1-9H3,(H,66,71,73)(H,62,63,65,72)/t45-,48-,49-,50+,51+,52+,53+,83-/m0/s1. The Hall–Kier alpha value is -6.76. The van der Waals surface area contributed by atoms with Crippen molar-refractivity contribution >= 4 is 55.6 Å². The molecule has 7 aromatic rings. The molecule has 0 aliphatic carbocycles. The summed E-state index contributed by atoms with van der Waals surface area (Å²) >= 11 is 6.55. The van der Waals surface area contributed by atoms with Crippen molar-refractivity contribution in [2.24, 2.45) is 0 Å². The zero-order valence-corrected chi connectivity index (χ0v) is 51.9. The van der Waals surface area contributed by atoms with E-state index in [9.17, 15) is 19.2 Å². The molecular formula is C61H73N8O13PSSi. The highest BCUT2D eigenvalue weighted by molar-refractivity contribution is 8.07. The van der Waals surface area contributed by atoms with Crippen LogP contribution in [-0.2, 0) is 54.4 Å². The van der Waals surface area contributed by atoms with Gasteiger partial charge < -0.3 is 51.9 Å². The Morgan fingerprint density at radius 2 is 1.36 bits per heavy atom. The quantitative estimate of drug-likeness (QED) is 0.0365. The second-order valence-corrected chi connectivity index (χ2v) is 30.7. The van der Waals surface area contributed by atoms with Crippen LogP contribution in [0.5, 0.6) is 11.5 Å². The lowest BCUT2D eigenvalue weighted by molar-refractivity contribution is -0.130. The number of amides is 2. The molecule has 450 valence electrons. The highest BCUT2D eigenvalue weighted by Gasteiger charge is 2.49. The van der Waals surface area contributed by atoms with Gasteiger partial charge in [-0.05, 0) is 103 Å². The van der Waals surface area contributed by atoms with Crippen molar-refractivity contribution < 1.29 is 51.3 Å². The Morgan fingerprint density at radius 3 is 1.99 bits per heavy atom. The number of anilines is 1. The number of benzene rings is 4. The van der Waals surface area contributed by atoms with Crippen LogP contribution in [0.2, 0.25) is 18.1 Å². The maximum atomic E-state index is 13.5. The van der Waals surface area contributed by atoms with E-state index >= 15 is 0 Å². The monoisotopic (exact) mass is 1220 g/mol. The molecule has 3 saturated heterocycles. The van der Waals surface area contributed by atoms with Crippen LogP contribution in [0.15, 0.2) is 138 Å². The first-order chi connectivity index (χ1) is 40.7. The number of hydrogen-bond donors (Lipinski definition) is 2. The number of hydrogen-bond acceptors (Lipinski definition) is 17. The predicted molar refractivity (Wildman–Crippen MR) is 325 cm³/mol. The Balaban J connectivity index is 1.04. The van der Waals surface area contributed by atoms with Crippen molar-refractivity contribution in [1.29, 1.82) is 0 Å². The molecule has 0 unspecified atom stereocenters. The SMILES string of the molecule is COc1ccc(C(OC[C@H]2O[C@@H](n3cnc4c(NC(=O)c5ccccc5)ncnc43)C[C@@H]2O[P@](=S)(OC[C@@H]2CCCN2C(C)=O)OC[C@H]2O[C@@H](n3cc(C)c(=O)[nH]c3=O)C[C@@H]2O[Si](C)(C)C(C)(C)C)(c2ccccc2)c2ccc(OC)cc2)cc1. The Labute approximate surface area is 499 Å². The van der Waals surface area contributed by atoms with Crippen LogP contribution in [0, 0.1) is 6.92 Å². The van der Waals surface area contributed by atoms with Gasteiger partial charge in [0.25, 0.3) is 11.5 Å². The van der Waals surface area contributed by atoms with E-state index in [0.717, 1.165) is 23.1 Å². The van der Waals surface area contributed by atoms with Crippen molar-refractivity contribution in [2.45, 2.75) is 127 Å². The number of nitrogens with zero attached hydrogens (tertiary/aromatic N) is 6. The van der Waals surface area contributed by atoms with E-state index in [4.69, 9.17) is 58.5 Å². The van der Waals surface area contributed by atoms with Crippen LogP contribution >= 0.6 is 6.72 Å². The minimum Gasteiger partial charge on any atom is -0.497 e. The van der Waals surface area contributed by atoms with Gasteiger partial charge in [0.05, 0.1) is 58.6 Å². The summed E-state index contributed by atoms with van der Waals surface area (Å²) in [5.41, 5.74) is 1.45. The van der Waals surface area contributed by atoms with Gasteiger partial charge in [0, 0.05) is 43.6 Å². The lowest BCUT2D eigenvalue weighted by Gasteiger charge is -2.39. The van der Waals surface area contributed by atoms with Crippen LogP contribution in [0.3, 0.4) is 0 Å². The van der Waals surface area contributed by atoms with Crippen molar-refractivity contribution in [2.75, 3.05) is 45.9 Å². The van der Waals surface area contributed by atoms with Gasteiger partial charge in [-0.1, -0.05) is 93.6 Å². The molecule has 0 radical (unpaired) electrons. The van der Waals surface area contributed by atoms with E-state index in [1.165, 1.54) is 24.0 Å². The zero-order valence-electron chi connectivity index (χ0n) is 49.2. The number of carbonyl (C=O) groups is 2. The minimum atomic E-state index is -3.96. The minimum absolute atomic E-state index is 0.00569. The van der Waals surface area contributed by atoms with Crippen LogP contribution in [-0.4, -0.2) is 125 Å². The van der Waals surface area contributed by atoms with Crippen LogP contribution in [0.25, 0.3) is 11.2 Å². The molecule has 3 fully saturated rings. The summed E-state index contributed by atoms with van der Waals surface area (Å²) < 4.78 is 63.7. The number of likely N-dealkylation sites (tertiary alicyclic amines) is 1. The van der Waals surface area contributed by atoms with E-state index in [2.05, 4.69) is 54.1 Å². The number of aromatic amines is 1. The number of methoxy groups -OCH3 is 2. The summed E-state index contributed by atoms with van der Waals surface area (Å²) in [6.07, 6.45) is 1.40. The summed E-state index contributed by atoms with van der Waals surface area (Å²) in [4.78, 5) is 70.3. The molecule has 24 heteroatoms. The number of fused-ring (bicyclic) bond motifs is 1. The topological polar surface area (TPSA) is 231 Å². The average molecular weight is 1220 g/mol. The van der Waals surface area contributed by atoms with Crippen LogP contribution < -0.4 is 26.0 Å². The summed E-state index contributed by atoms with van der Waals surface area (Å²) in [5.74, 6) is 1.04.